The molecule has 7 heteroatoms. The molecule has 3 aromatic rings. The van der Waals surface area contributed by atoms with Crippen molar-refractivity contribution >= 4 is 29.3 Å². The molecule has 174 valence electrons. The zero-order chi connectivity index (χ0) is 24.5. The van der Waals surface area contributed by atoms with E-state index in [4.69, 9.17) is 5.26 Å². The summed E-state index contributed by atoms with van der Waals surface area (Å²) in [6.45, 7) is 2.00. The van der Waals surface area contributed by atoms with Gasteiger partial charge < -0.3 is 15.3 Å². The van der Waals surface area contributed by atoms with Crippen LogP contribution in [-0.2, 0) is 4.79 Å². The van der Waals surface area contributed by atoms with Gasteiger partial charge in [0.05, 0.1) is 18.3 Å². The number of hydrogen-bond acceptors (Lipinski definition) is 5. The highest BCUT2D eigenvalue weighted by Gasteiger charge is 2.31. The molecule has 34 heavy (non-hydrogen) atoms. The Labute approximate surface area is 204 Å². The molecule has 0 aliphatic heterocycles. The van der Waals surface area contributed by atoms with Crippen LogP contribution >= 0.6 is 11.8 Å². The fourth-order valence-corrected chi connectivity index (χ4v) is 4.20. The van der Waals surface area contributed by atoms with E-state index in [0.717, 1.165) is 16.7 Å². The average molecular weight is 474 g/mol. The standard InChI is InChI=1S/C27H27N3O3S/c1-19-7-3-4-8-22(19)23-9-5-6-10-24(23)26(31)30(25(27(32)33)15-16-34-2)18-29-21-13-11-20(17-28)12-14-21/h3-14,25,29H,15-16,18H2,1-2H3,(H,32,33). The van der Waals surface area contributed by atoms with E-state index >= 15 is 0 Å². The molecule has 6 nitrogen and oxygen atoms in total. The van der Waals surface area contributed by atoms with Crippen LogP contribution in [0, 0.1) is 18.3 Å². The highest BCUT2D eigenvalue weighted by atomic mass is 32.2. The predicted molar refractivity (Wildman–Crippen MR) is 137 cm³/mol. The van der Waals surface area contributed by atoms with Crippen LogP contribution in [0.2, 0.25) is 0 Å². The molecular weight excluding hydrogens is 446 g/mol. The van der Waals surface area contributed by atoms with E-state index in [1.165, 1.54) is 4.90 Å². The summed E-state index contributed by atoms with van der Waals surface area (Å²) in [6.07, 6.45) is 2.23. The molecule has 0 spiro atoms. The molecule has 3 aromatic carbocycles. The second-order valence-electron chi connectivity index (χ2n) is 7.79. The number of hydrogen-bond donors (Lipinski definition) is 2. The van der Waals surface area contributed by atoms with Crippen molar-refractivity contribution < 1.29 is 14.7 Å². The SMILES string of the molecule is CSCCC(C(=O)O)N(CNc1ccc(C#N)cc1)C(=O)c1ccccc1-c1ccccc1C. The first-order chi connectivity index (χ1) is 16.5. The average Bonchev–Trinajstić information content (AvgIpc) is 2.86. The third kappa shape index (κ3) is 5.97. The van der Waals surface area contributed by atoms with E-state index in [1.54, 1.807) is 48.2 Å². The Hall–Kier alpha value is -3.76. The van der Waals surface area contributed by atoms with Crippen LogP contribution in [0.15, 0.2) is 72.8 Å². The van der Waals surface area contributed by atoms with Crippen molar-refractivity contribution in [3.8, 4) is 17.2 Å². The van der Waals surface area contributed by atoms with E-state index in [0.29, 0.717) is 29.0 Å². The van der Waals surface area contributed by atoms with Gasteiger partial charge in [0.1, 0.15) is 6.04 Å². The highest BCUT2D eigenvalue weighted by Crippen LogP contribution is 2.28. The maximum Gasteiger partial charge on any atom is 0.326 e. The van der Waals surface area contributed by atoms with Crippen molar-refractivity contribution in [1.29, 1.82) is 5.26 Å². The van der Waals surface area contributed by atoms with Crippen molar-refractivity contribution in [2.45, 2.75) is 19.4 Å². The number of nitrogens with one attached hydrogen (secondary N) is 1. The second-order valence-corrected chi connectivity index (χ2v) is 8.78. The Morgan fingerprint density at radius 1 is 1.03 bits per heavy atom. The van der Waals surface area contributed by atoms with Gasteiger partial charge in [0.15, 0.2) is 0 Å². The first kappa shape index (κ1) is 24.9. The maximum atomic E-state index is 13.9. The summed E-state index contributed by atoms with van der Waals surface area (Å²) < 4.78 is 0. The smallest absolute Gasteiger partial charge is 0.326 e. The quantitative estimate of drug-likeness (QED) is 0.391. The van der Waals surface area contributed by atoms with Crippen molar-refractivity contribution in [1.82, 2.24) is 4.90 Å². The summed E-state index contributed by atoms with van der Waals surface area (Å²) in [7, 11) is 0. The molecule has 0 fully saturated rings. The molecule has 0 aliphatic carbocycles. The summed E-state index contributed by atoms with van der Waals surface area (Å²) in [5, 5.41) is 22.2. The number of anilines is 1. The number of nitriles is 1. The van der Waals surface area contributed by atoms with Gasteiger partial charge in [-0.05, 0) is 72.4 Å². The summed E-state index contributed by atoms with van der Waals surface area (Å²) in [5.74, 6) is -0.789. The fraction of sp³-hybridized carbons (Fsp3) is 0.222. The number of carboxylic acid groups (broad SMARTS) is 1. The van der Waals surface area contributed by atoms with Gasteiger partial charge in [-0.2, -0.15) is 17.0 Å². The zero-order valence-electron chi connectivity index (χ0n) is 19.2. The zero-order valence-corrected chi connectivity index (χ0v) is 20.0. The van der Waals surface area contributed by atoms with Crippen LogP contribution < -0.4 is 5.32 Å². The van der Waals surface area contributed by atoms with Crippen LogP contribution in [0.3, 0.4) is 0 Å². The molecule has 2 N–H and O–H groups in total. The van der Waals surface area contributed by atoms with E-state index < -0.39 is 12.0 Å². The maximum absolute atomic E-state index is 13.9. The van der Waals surface area contributed by atoms with Crippen molar-refractivity contribution in [3.05, 3.63) is 89.5 Å². The predicted octanol–water partition coefficient (Wildman–Crippen LogP) is 5.25. The fourth-order valence-electron chi connectivity index (χ4n) is 3.74. The van der Waals surface area contributed by atoms with Gasteiger partial charge in [-0.25, -0.2) is 4.79 Å². The van der Waals surface area contributed by atoms with Crippen LogP contribution in [0.25, 0.3) is 11.1 Å². The number of carboxylic acids is 1. The van der Waals surface area contributed by atoms with Crippen LogP contribution in [0.1, 0.15) is 27.9 Å². The lowest BCUT2D eigenvalue weighted by Gasteiger charge is -2.30. The Bertz CT molecular complexity index is 1190. The molecule has 0 radical (unpaired) electrons. The minimum absolute atomic E-state index is 0.0121. The van der Waals surface area contributed by atoms with Gasteiger partial charge in [0.2, 0.25) is 0 Å². The van der Waals surface area contributed by atoms with Gasteiger partial charge in [0, 0.05) is 11.3 Å². The van der Waals surface area contributed by atoms with Crippen molar-refractivity contribution in [3.63, 3.8) is 0 Å². The van der Waals surface area contributed by atoms with Gasteiger partial charge in [-0.3, -0.25) is 4.79 Å². The number of benzene rings is 3. The van der Waals surface area contributed by atoms with Gasteiger partial charge in [-0.15, -0.1) is 0 Å². The Balaban J connectivity index is 1.98. The molecule has 0 aliphatic rings. The topological polar surface area (TPSA) is 93.4 Å². The van der Waals surface area contributed by atoms with Crippen molar-refractivity contribution in [2.75, 3.05) is 24.0 Å². The van der Waals surface area contributed by atoms with Gasteiger partial charge >= 0.3 is 5.97 Å². The molecule has 0 heterocycles. The molecule has 3 rings (SSSR count). The summed E-state index contributed by atoms with van der Waals surface area (Å²) >= 11 is 1.54. The van der Waals surface area contributed by atoms with Crippen molar-refractivity contribution in [2.24, 2.45) is 0 Å². The molecule has 1 unspecified atom stereocenters. The largest absolute Gasteiger partial charge is 0.480 e. The normalized spacial score (nSPS) is 11.3. The highest BCUT2D eigenvalue weighted by molar-refractivity contribution is 7.98. The van der Waals surface area contributed by atoms with Crippen LogP contribution in [0.5, 0.6) is 0 Å². The first-order valence-electron chi connectivity index (χ1n) is 10.9. The Morgan fingerprint density at radius 2 is 1.68 bits per heavy atom. The minimum atomic E-state index is -1.04. The Kier molecular flexibility index (Phi) is 8.72. The lowest BCUT2D eigenvalue weighted by atomic mass is 9.95. The molecule has 1 amide bonds. The lowest BCUT2D eigenvalue weighted by Crippen LogP contribution is -2.48. The number of thioether (sulfide) groups is 1. The van der Waals surface area contributed by atoms with Crippen LogP contribution in [0.4, 0.5) is 5.69 Å². The number of aryl methyl sites for hydroxylation is 1. The molecule has 0 saturated carbocycles. The Morgan fingerprint density at radius 3 is 2.29 bits per heavy atom. The van der Waals surface area contributed by atoms with Gasteiger partial charge in [0.25, 0.3) is 5.91 Å². The van der Waals surface area contributed by atoms with E-state index in [9.17, 15) is 14.7 Å². The third-order valence-corrected chi connectivity index (χ3v) is 6.22. The summed E-state index contributed by atoms with van der Waals surface area (Å²) in [4.78, 5) is 27.5. The number of carbonyl (C=O) groups excluding carboxylic acids is 1. The van der Waals surface area contributed by atoms with E-state index in [2.05, 4.69) is 11.4 Å². The van der Waals surface area contributed by atoms with Gasteiger partial charge in [-0.1, -0.05) is 42.5 Å². The van der Waals surface area contributed by atoms with Crippen LogP contribution in [-0.4, -0.2) is 46.6 Å². The summed E-state index contributed by atoms with van der Waals surface area (Å²) in [5.41, 5.74) is 4.40. The monoisotopic (exact) mass is 473 g/mol. The van der Waals surface area contributed by atoms with E-state index in [1.807, 2.05) is 49.6 Å². The number of nitrogens with zero attached hydrogens (tertiary/aromatic N) is 2. The number of carbonyl (C=O) groups is 2. The minimum Gasteiger partial charge on any atom is -0.480 e. The van der Waals surface area contributed by atoms with E-state index in [-0.39, 0.29) is 12.6 Å². The molecular formula is C27H27N3O3S. The first-order valence-corrected chi connectivity index (χ1v) is 12.3. The number of amides is 1. The third-order valence-electron chi connectivity index (χ3n) is 5.58. The summed E-state index contributed by atoms with van der Waals surface area (Å²) in [6, 6.07) is 23.0. The second kappa shape index (κ2) is 11.9. The molecule has 0 bridgehead atoms. The number of rotatable bonds is 10. The lowest BCUT2D eigenvalue weighted by molar-refractivity contribution is -0.142. The molecule has 0 aromatic heterocycles. The molecule has 0 saturated heterocycles. The number of aliphatic carboxylic acids is 1. The molecule has 1 atom stereocenters.